The van der Waals surface area contributed by atoms with Gasteiger partial charge in [0, 0.05) is 29.9 Å². The van der Waals surface area contributed by atoms with Crippen LogP contribution in [0, 0.1) is 12.8 Å². The molecule has 0 unspecified atom stereocenters. The molecule has 1 aromatic heterocycles. The van der Waals surface area contributed by atoms with Gasteiger partial charge in [0.15, 0.2) is 0 Å². The number of pyridine rings is 1. The van der Waals surface area contributed by atoms with Crippen molar-refractivity contribution in [3.63, 3.8) is 0 Å². The average molecular weight is 359 g/mol. The second-order valence-corrected chi connectivity index (χ2v) is 7.43. The molecule has 138 valence electrons. The monoisotopic (exact) mass is 359 g/mol. The minimum absolute atomic E-state index is 0.00105. The average Bonchev–Trinajstić information content (AvgIpc) is 2.70. The van der Waals surface area contributed by atoms with Crippen molar-refractivity contribution < 1.29 is 4.79 Å². The van der Waals surface area contributed by atoms with Crippen LogP contribution in [-0.4, -0.2) is 29.0 Å². The fraction of sp³-hybridized carbons (Fsp3) is 0.304. The van der Waals surface area contributed by atoms with Crippen LogP contribution in [0.5, 0.6) is 0 Å². The summed E-state index contributed by atoms with van der Waals surface area (Å²) in [5.41, 5.74) is 4.25. The predicted molar refractivity (Wildman–Crippen MR) is 110 cm³/mol. The molecule has 0 bridgehead atoms. The molecule has 1 aliphatic rings. The van der Waals surface area contributed by atoms with Gasteiger partial charge in [-0.3, -0.25) is 4.98 Å². The van der Waals surface area contributed by atoms with E-state index in [0.29, 0.717) is 5.92 Å². The number of amides is 2. The number of likely N-dealkylation sites (tertiary alicyclic amines) is 1. The van der Waals surface area contributed by atoms with Gasteiger partial charge >= 0.3 is 6.03 Å². The Morgan fingerprint density at radius 1 is 1.04 bits per heavy atom. The highest BCUT2D eigenvalue weighted by atomic mass is 16.2. The highest BCUT2D eigenvalue weighted by molar-refractivity contribution is 5.89. The SMILES string of the molecule is Cc1ccc(NC(=O)N2CCC(Cc3ccc4ccccc4n3)CC2)cc1. The Kier molecular flexibility index (Phi) is 5.05. The van der Waals surface area contributed by atoms with Crippen molar-refractivity contribution >= 4 is 22.6 Å². The van der Waals surface area contributed by atoms with Crippen LogP contribution in [0.3, 0.4) is 0 Å². The van der Waals surface area contributed by atoms with Gasteiger partial charge < -0.3 is 10.2 Å². The maximum atomic E-state index is 12.5. The molecule has 1 N–H and O–H groups in total. The first kappa shape index (κ1) is 17.5. The van der Waals surface area contributed by atoms with E-state index in [1.54, 1.807) is 0 Å². The number of hydrogen-bond donors (Lipinski definition) is 1. The molecule has 1 aliphatic heterocycles. The first-order valence-corrected chi connectivity index (χ1v) is 9.65. The normalized spacial score (nSPS) is 15.1. The van der Waals surface area contributed by atoms with Crippen molar-refractivity contribution in [2.75, 3.05) is 18.4 Å². The van der Waals surface area contributed by atoms with Crippen LogP contribution in [0.2, 0.25) is 0 Å². The van der Waals surface area contributed by atoms with E-state index in [4.69, 9.17) is 4.98 Å². The molecule has 0 aliphatic carbocycles. The number of urea groups is 1. The molecule has 1 fully saturated rings. The third kappa shape index (κ3) is 4.27. The van der Waals surface area contributed by atoms with Crippen molar-refractivity contribution in [3.8, 4) is 0 Å². The van der Waals surface area contributed by atoms with Crippen LogP contribution in [0.25, 0.3) is 10.9 Å². The lowest BCUT2D eigenvalue weighted by Gasteiger charge is -2.32. The number of carbonyl (C=O) groups excluding carboxylic acids is 1. The van der Waals surface area contributed by atoms with Gasteiger partial charge in [-0.05, 0) is 56.4 Å². The van der Waals surface area contributed by atoms with Crippen LogP contribution in [0.4, 0.5) is 10.5 Å². The summed E-state index contributed by atoms with van der Waals surface area (Å²) < 4.78 is 0. The van der Waals surface area contributed by atoms with Gasteiger partial charge in [-0.15, -0.1) is 0 Å². The molecule has 1 saturated heterocycles. The van der Waals surface area contributed by atoms with E-state index in [-0.39, 0.29) is 6.03 Å². The van der Waals surface area contributed by atoms with Crippen LogP contribution in [0.1, 0.15) is 24.1 Å². The molecule has 0 radical (unpaired) electrons. The number of nitrogens with one attached hydrogen (secondary N) is 1. The fourth-order valence-corrected chi connectivity index (χ4v) is 3.70. The highest BCUT2D eigenvalue weighted by Crippen LogP contribution is 2.23. The number of carbonyl (C=O) groups is 1. The second kappa shape index (κ2) is 7.78. The van der Waals surface area contributed by atoms with Gasteiger partial charge in [0.05, 0.1) is 5.52 Å². The molecule has 2 amide bonds. The number of piperidine rings is 1. The number of benzene rings is 2. The minimum Gasteiger partial charge on any atom is -0.325 e. The van der Waals surface area contributed by atoms with Gasteiger partial charge in [0.1, 0.15) is 0 Å². The quantitative estimate of drug-likeness (QED) is 0.713. The van der Waals surface area contributed by atoms with Crippen molar-refractivity contribution in [1.29, 1.82) is 0 Å². The predicted octanol–water partition coefficient (Wildman–Crippen LogP) is 5.03. The Morgan fingerprint density at radius 2 is 1.78 bits per heavy atom. The van der Waals surface area contributed by atoms with Gasteiger partial charge in [0.25, 0.3) is 0 Å². The van der Waals surface area contributed by atoms with Crippen LogP contribution >= 0.6 is 0 Å². The molecule has 4 rings (SSSR count). The van der Waals surface area contributed by atoms with Gasteiger partial charge in [-0.2, -0.15) is 0 Å². The molecular weight excluding hydrogens is 334 g/mol. The van der Waals surface area contributed by atoms with E-state index in [1.807, 2.05) is 48.2 Å². The number of aromatic nitrogens is 1. The summed E-state index contributed by atoms with van der Waals surface area (Å²) in [6, 6.07) is 20.5. The third-order valence-electron chi connectivity index (χ3n) is 5.36. The maximum absolute atomic E-state index is 12.5. The standard InChI is InChI=1S/C23H25N3O/c1-17-6-9-20(10-7-17)25-23(27)26-14-12-18(13-15-26)16-21-11-8-19-4-2-3-5-22(19)24-21/h2-11,18H,12-16H2,1H3,(H,25,27). The van der Waals surface area contributed by atoms with Crippen LogP contribution in [-0.2, 0) is 6.42 Å². The van der Waals surface area contributed by atoms with E-state index in [1.165, 1.54) is 10.9 Å². The molecule has 0 saturated carbocycles. The molecular formula is C23H25N3O. The highest BCUT2D eigenvalue weighted by Gasteiger charge is 2.23. The summed E-state index contributed by atoms with van der Waals surface area (Å²) in [6.07, 6.45) is 3.03. The van der Waals surface area contributed by atoms with Crippen molar-refractivity contribution in [3.05, 3.63) is 71.9 Å². The van der Waals surface area contributed by atoms with Gasteiger partial charge in [-0.1, -0.05) is 42.0 Å². The first-order chi connectivity index (χ1) is 13.2. The molecule has 2 aromatic carbocycles. The van der Waals surface area contributed by atoms with Crippen LogP contribution in [0.15, 0.2) is 60.7 Å². The van der Waals surface area contributed by atoms with Crippen molar-refractivity contribution in [2.24, 2.45) is 5.92 Å². The summed E-state index contributed by atoms with van der Waals surface area (Å²) in [5, 5.41) is 4.18. The number of hydrogen-bond acceptors (Lipinski definition) is 2. The summed E-state index contributed by atoms with van der Waals surface area (Å²) in [6.45, 7) is 3.65. The maximum Gasteiger partial charge on any atom is 0.321 e. The Labute approximate surface area is 160 Å². The molecule has 2 heterocycles. The fourth-order valence-electron chi connectivity index (χ4n) is 3.70. The molecule has 4 heteroatoms. The number of anilines is 1. The number of nitrogens with zero attached hydrogens (tertiary/aromatic N) is 2. The molecule has 0 spiro atoms. The largest absolute Gasteiger partial charge is 0.325 e. The zero-order chi connectivity index (χ0) is 18.6. The Balaban J connectivity index is 1.31. The van der Waals surface area contributed by atoms with Crippen LogP contribution < -0.4 is 5.32 Å². The number of aryl methyl sites for hydroxylation is 1. The summed E-state index contributed by atoms with van der Waals surface area (Å²) in [4.78, 5) is 19.2. The van der Waals surface area contributed by atoms with E-state index >= 15 is 0 Å². The van der Waals surface area contributed by atoms with Crippen molar-refractivity contribution in [1.82, 2.24) is 9.88 Å². The van der Waals surface area contributed by atoms with E-state index < -0.39 is 0 Å². The molecule has 27 heavy (non-hydrogen) atoms. The van der Waals surface area contributed by atoms with E-state index in [2.05, 4.69) is 29.6 Å². The first-order valence-electron chi connectivity index (χ1n) is 9.65. The number of para-hydroxylation sites is 1. The minimum atomic E-state index is 0.00105. The summed E-state index contributed by atoms with van der Waals surface area (Å²) >= 11 is 0. The summed E-state index contributed by atoms with van der Waals surface area (Å²) in [5.74, 6) is 0.585. The molecule has 0 atom stereocenters. The van der Waals surface area contributed by atoms with E-state index in [0.717, 1.165) is 49.2 Å². The molecule has 4 nitrogen and oxygen atoms in total. The lowest BCUT2D eigenvalue weighted by molar-refractivity contribution is 0.182. The van der Waals surface area contributed by atoms with Gasteiger partial charge in [-0.25, -0.2) is 4.79 Å². The topological polar surface area (TPSA) is 45.2 Å². The second-order valence-electron chi connectivity index (χ2n) is 7.43. The lowest BCUT2D eigenvalue weighted by Crippen LogP contribution is -2.41. The third-order valence-corrected chi connectivity index (χ3v) is 5.36. The van der Waals surface area contributed by atoms with E-state index in [9.17, 15) is 4.79 Å². The summed E-state index contributed by atoms with van der Waals surface area (Å²) in [7, 11) is 0. The lowest BCUT2D eigenvalue weighted by atomic mass is 9.92. The zero-order valence-electron chi connectivity index (χ0n) is 15.7. The Morgan fingerprint density at radius 3 is 2.56 bits per heavy atom. The zero-order valence-corrected chi connectivity index (χ0v) is 15.7. The Bertz CT molecular complexity index is 928. The Hall–Kier alpha value is -2.88. The smallest absolute Gasteiger partial charge is 0.321 e. The number of fused-ring (bicyclic) bond motifs is 1. The molecule has 3 aromatic rings. The number of rotatable bonds is 3. The van der Waals surface area contributed by atoms with Gasteiger partial charge in [0.2, 0.25) is 0 Å². The van der Waals surface area contributed by atoms with Crippen molar-refractivity contribution in [2.45, 2.75) is 26.2 Å².